The summed E-state index contributed by atoms with van der Waals surface area (Å²) in [6.07, 6.45) is 3.48. The Morgan fingerprint density at radius 1 is 1.25 bits per heavy atom. The van der Waals surface area contributed by atoms with Gasteiger partial charge in [-0.05, 0) is 36.8 Å². The van der Waals surface area contributed by atoms with Crippen LogP contribution in [0.15, 0.2) is 18.2 Å². The molecule has 4 heteroatoms. The normalized spacial score (nSPS) is 20.4. The van der Waals surface area contributed by atoms with Gasteiger partial charge in [0.25, 0.3) is 5.91 Å². The van der Waals surface area contributed by atoms with Gasteiger partial charge in [-0.2, -0.15) is 0 Å². The number of benzene rings is 1. The number of rotatable bonds is 4. The fourth-order valence-corrected chi connectivity index (χ4v) is 3.85. The molecule has 24 heavy (non-hydrogen) atoms. The Bertz CT molecular complexity index is 677. The molecule has 2 aliphatic rings. The lowest BCUT2D eigenvalue weighted by atomic mass is 9.89. The van der Waals surface area contributed by atoms with E-state index in [9.17, 15) is 14.4 Å². The number of amides is 1. The number of hydrogen-bond donors (Lipinski definition) is 0. The van der Waals surface area contributed by atoms with Gasteiger partial charge in [-0.3, -0.25) is 14.4 Å². The minimum atomic E-state index is -0.0384. The van der Waals surface area contributed by atoms with Crippen molar-refractivity contribution in [3.8, 4) is 0 Å². The Kier molecular flexibility index (Phi) is 4.83. The molecule has 0 bridgehead atoms. The first kappa shape index (κ1) is 16.9. The fraction of sp³-hybridized carbons (Fsp3) is 0.550. The van der Waals surface area contributed by atoms with E-state index in [2.05, 4.69) is 0 Å². The van der Waals surface area contributed by atoms with Crippen LogP contribution in [0.3, 0.4) is 0 Å². The lowest BCUT2D eigenvalue weighted by Crippen LogP contribution is -2.42. The largest absolute Gasteiger partial charge is 0.338 e. The molecular weight excluding hydrogens is 302 g/mol. The Labute approximate surface area is 143 Å². The number of piperidine rings is 1. The average molecular weight is 327 g/mol. The van der Waals surface area contributed by atoms with Crippen molar-refractivity contribution >= 4 is 17.5 Å². The summed E-state index contributed by atoms with van der Waals surface area (Å²) in [5.41, 5.74) is 2.24. The third-order valence-electron chi connectivity index (χ3n) is 5.08. The standard InChI is InChI=1S/C20H25NO3/c1-13(2)11-19(23)14-5-4-10-21(12-14)20(24)17-7-3-6-16-15(17)8-9-18(16)22/h3,6-7,13-14H,4-5,8-12H2,1-2H3. The van der Waals surface area contributed by atoms with Gasteiger partial charge in [0.15, 0.2) is 5.78 Å². The van der Waals surface area contributed by atoms with Crippen molar-refractivity contribution in [2.45, 2.75) is 46.0 Å². The van der Waals surface area contributed by atoms with Crippen LogP contribution < -0.4 is 0 Å². The van der Waals surface area contributed by atoms with E-state index in [-0.39, 0.29) is 23.4 Å². The second-order valence-corrected chi connectivity index (χ2v) is 7.41. The van der Waals surface area contributed by atoms with E-state index in [1.54, 1.807) is 6.07 Å². The first-order chi connectivity index (χ1) is 11.5. The Morgan fingerprint density at radius 2 is 2.04 bits per heavy atom. The topological polar surface area (TPSA) is 54.5 Å². The predicted molar refractivity (Wildman–Crippen MR) is 92.2 cm³/mol. The van der Waals surface area contributed by atoms with E-state index in [0.29, 0.717) is 49.4 Å². The van der Waals surface area contributed by atoms with Gasteiger partial charge in [0.2, 0.25) is 0 Å². The predicted octanol–water partition coefficient (Wildman–Crippen LogP) is 3.28. The highest BCUT2D eigenvalue weighted by Gasteiger charge is 2.31. The zero-order chi connectivity index (χ0) is 17.3. The summed E-state index contributed by atoms with van der Waals surface area (Å²) in [4.78, 5) is 39.0. The van der Waals surface area contributed by atoms with Gasteiger partial charge in [0.1, 0.15) is 5.78 Å². The van der Waals surface area contributed by atoms with Crippen molar-refractivity contribution in [2.24, 2.45) is 11.8 Å². The van der Waals surface area contributed by atoms with Gasteiger partial charge in [0, 0.05) is 43.0 Å². The molecule has 1 aliphatic heterocycles. The molecule has 1 fully saturated rings. The van der Waals surface area contributed by atoms with E-state index >= 15 is 0 Å². The number of carbonyl (C=O) groups is 3. The number of Topliss-reactive ketones (excluding diaryl/α,β-unsaturated/α-hetero) is 2. The molecule has 1 amide bonds. The molecule has 0 aromatic heterocycles. The summed E-state index contributed by atoms with van der Waals surface area (Å²) in [6, 6.07) is 5.42. The molecule has 1 saturated heterocycles. The molecule has 1 atom stereocenters. The van der Waals surface area contributed by atoms with Gasteiger partial charge < -0.3 is 4.90 Å². The van der Waals surface area contributed by atoms with E-state index in [1.807, 2.05) is 30.9 Å². The molecule has 0 spiro atoms. The number of fused-ring (bicyclic) bond motifs is 1. The molecule has 1 aromatic carbocycles. The van der Waals surface area contributed by atoms with Crippen LogP contribution in [0.4, 0.5) is 0 Å². The third-order valence-corrected chi connectivity index (χ3v) is 5.08. The second-order valence-electron chi connectivity index (χ2n) is 7.41. The quantitative estimate of drug-likeness (QED) is 0.853. The third kappa shape index (κ3) is 3.28. The fourth-order valence-electron chi connectivity index (χ4n) is 3.85. The van der Waals surface area contributed by atoms with E-state index in [0.717, 1.165) is 18.4 Å². The molecule has 0 radical (unpaired) electrons. The SMILES string of the molecule is CC(C)CC(=O)C1CCCN(C(=O)c2cccc3c2CCC3=O)C1. The van der Waals surface area contributed by atoms with Crippen LogP contribution >= 0.6 is 0 Å². The molecule has 128 valence electrons. The first-order valence-corrected chi connectivity index (χ1v) is 8.94. The highest BCUT2D eigenvalue weighted by atomic mass is 16.2. The monoisotopic (exact) mass is 327 g/mol. The molecule has 0 saturated carbocycles. The number of hydrogen-bond acceptors (Lipinski definition) is 3. The van der Waals surface area contributed by atoms with Crippen LogP contribution in [0.2, 0.25) is 0 Å². The van der Waals surface area contributed by atoms with Crippen LogP contribution in [0, 0.1) is 11.8 Å². The molecule has 3 rings (SSSR count). The van der Waals surface area contributed by atoms with Crippen molar-refractivity contribution in [3.05, 3.63) is 34.9 Å². The maximum atomic E-state index is 13.0. The molecule has 1 unspecified atom stereocenters. The molecular formula is C20H25NO3. The number of nitrogens with zero attached hydrogens (tertiary/aromatic N) is 1. The first-order valence-electron chi connectivity index (χ1n) is 8.94. The van der Waals surface area contributed by atoms with Gasteiger partial charge in [-0.1, -0.05) is 26.0 Å². The van der Waals surface area contributed by atoms with Crippen molar-refractivity contribution in [3.63, 3.8) is 0 Å². The lowest BCUT2D eigenvalue weighted by Gasteiger charge is -2.32. The van der Waals surface area contributed by atoms with Crippen LogP contribution in [0.1, 0.15) is 65.8 Å². The number of likely N-dealkylation sites (tertiary alicyclic amines) is 1. The molecule has 4 nitrogen and oxygen atoms in total. The zero-order valence-corrected chi connectivity index (χ0v) is 14.5. The number of carbonyl (C=O) groups excluding carboxylic acids is 3. The summed E-state index contributed by atoms with van der Waals surface area (Å²) < 4.78 is 0. The van der Waals surface area contributed by atoms with Crippen LogP contribution in [0.25, 0.3) is 0 Å². The van der Waals surface area contributed by atoms with Gasteiger partial charge in [-0.25, -0.2) is 0 Å². The van der Waals surface area contributed by atoms with Crippen LogP contribution in [-0.2, 0) is 11.2 Å². The van der Waals surface area contributed by atoms with E-state index < -0.39 is 0 Å². The average Bonchev–Trinajstić information content (AvgIpc) is 2.95. The van der Waals surface area contributed by atoms with Gasteiger partial charge in [-0.15, -0.1) is 0 Å². The highest BCUT2D eigenvalue weighted by molar-refractivity contribution is 6.05. The van der Waals surface area contributed by atoms with Gasteiger partial charge in [0.05, 0.1) is 0 Å². The van der Waals surface area contributed by atoms with Crippen molar-refractivity contribution in [2.75, 3.05) is 13.1 Å². The number of ketones is 2. The zero-order valence-electron chi connectivity index (χ0n) is 14.5. The summed E-state index contributed by atoms with van der Waals surface area (Å²) >= 11 is 0. The minimum absolute atomic E-state index is 0.0244. The maximum absolute atomic E-state index is 13.0. The summed E-state index contributed by atoms with van der Waals surface area (Å²) in [5.74, 6) is 0.693. The Balaban J connectivity index is 1.76. The van der Waals surface area contributed by atoms with Crippen LogP contribution in [0.5, 0.6) is 0 Å². The van der Waals surface area contributed by atoms with Gasteiger partial charge >= 0.3 is 0 Å². The van der Waals surface area contributed by atoms with E-state index in [4.69, 9.17) is 0 Å². The Morgan fingerprint density at radius 3 is 2.79 bits per heavy atom. The molecule has 0 N–H and O–H groups in total. The second kappa shape index (κ2) is 6.88. The highest BCUT2D eigenvalue weighted by Crippen LogP contribution is 2.28. The molecule has 1 aliphatic carbocycles. The lowest BCUT2D eigenvalue weighted by molar-refractivity contribution is -0.124. The van der Waals surface area contributed by atoms with Crippen molar-refractivity contribution in [1.82, 2.24) is 4.90 Å². The summed E-state index contributed by atoms with van der Waals surface area (Å²) in [5, 5.41) is 0. The molecule has 1 heterocycles. The smallest absolute Gasteiger partial charge is 0.254 e. The molecule has 1 aromatic rings. The van der Waals surface area contributed by atoms with Crippen LogP contribution in [-0.4, -0.2) is 35.5 Å². The summed E-state index contributed by atoms with van der Waals surface area (Å²) in [7, 11) is 0. The maximum Gasteiger partial charge on any atom is 0.254 e. The van der Waals surface area contributed by atoms with Crippen molar-refractivity contribution in [1.29, 1.82) is 0 Å². The van der Waals surface area contributed by atoms with Crippen molar-refractivity contribution < 1.29 is 14.4 Å². The van der Waals surface area contributed by atoms with E-state index in [1.165, 1.54) is 0 Å². The summed E-state index contributed by atoms with van der Waals surface area (Å²) in [6.45, 7) is 5.31. The Hall–Kier alpha value is -1.97. The minimum Gasteiger partial charge on any atom is -0.338 e.